The quantitative estimate of drug-likeness (QED) is 0.307. The molecule has 0 atom stereocenters. The normalized spacial score (nSPS) is 10.9. The van der Waals surface area contributed by atoms with Crippen LogP contribution in [0.15, 0.2) is 60.7 Å². The standard InChI is InChI=1S/C25H21Cl2N3O2/c1-4-32-25(31)22-23(17-8-6-9-18(26)13-17)30(21-14-19(27)12-11-15(21)2)24(29-22)20-10-5-7-16(3)28-20/h5-14H,4H2,1-3H3. The van der Waals surface area contributed by atoms with Crippen LogP contribution in [0, 0.1) is 13.8 Å². The van der Waals surface area contributed by atoms with Gasteiger partial charge in [0.05, 0.1) is 18.0 Å². The van der Waals surface area contributed by atoms with E-state index in [2.05, 4.69) is 4.98 Å². The lowest BCUT2D eigenvalue weighted by Crippen LogP contribution is -2.08. The summed E-state index contributed by atoms with van der Waals surface area (Å²) < 4.78 is 7.25. The first-order chi connectivity index (χ1) is 15.4. The summed E-state index contributed by atoms with van der Waals surface area (Å²) in [5, 5.41) is 1.11. The van der Waals surface area contributed by atoms with Crippen LogP contribution in [0.4, 0.5) is 0 Å². The molecule has 0 aliphatic carbocycles. The Labute approximate surface area is 196 Å². The number of pyridine rings is 1. The van der Waals surface area contributed by atoms with E-state index in [1.807, 2.05) is 66.9 Å². The average molecular weight is 466 g/mol. The molecule has 2 heterocycles. The average Bonchev–Trinajstić information content (AvgIpc) is 3.16. The third-order valence-electron chi connectivity index (χ3n) is 4.97. The zero-order chi connectivity index (χ0) is 22.8. The van der Waals surface area contributed by atoms with E-state index < -0.39 is 5.97 Å². The topological polar surface area (TPSA) is 57.0 Å². The Balaban J connectivity index is 2.14. The van der Waals surface area contributed by atoms with E-state index in [9.17, 15) is 4.79 Å². The van der Waals surface area contributed by atoms with E-state index in [4.69, 9.17) is 32.9 Å². The van der Waals surface area contributed by atoms with E-state index in [1.165, 1.54) is 0 Å². The Morgan fingerprint density at radius 3 is 2.44 bits per heavy atom. The third kappa shape index (κ3) is 4.27. The molecule has 4 aromatic rings. The van der Waals surface area contributed by atoms with E-state index in [0.29, 0.717) is 27.3 Å². The van der Waals surface area contributed by atoms with Gasteiger partial charge in [-0.05, 0) is 62.7 Å². The maximum absolute atomic E-state index is 13.0. The van der Waals surface area contributed by atoms with Crippen molar-refractivity contribution in [2.45, 2.75) is 20.8 Å². The van der Waals surface area contributed by atoms with Gasteiger partial charge in [0.15, 0.2) is 11.5 Å². The zero-order valence-electron chi connectivity index (χ0n) is 17.9. The monoisotopic (exact) mass is 465 g/mol. The fraction of sp³-hybridized carbons (Fsp3) is 0.160. The number of carbonyl (C=O) groups is 1. The second-order valence-corrected chi connectivity index (χ2v) is 8.17. The summed E-state index contributed by atoms with van der Waals surface area (Å²) >= 11 is 12.7. The van der Waals surface area contributed by atoms with Crippen LogP contribution in [0.25, 0.3) is 28.5 Å². The molecule has 162 valence electrons. The molecular weight excluding hydrogens is 445 g/mol. The van der Waals surface area contributed by atoms with Gasteiger partial charge in [0.25, 0.3) is 0 Å². The number of esters is 1. The Bertz CT molecular complexity index is 1310. The number of benzene rings is 2. The molecule has 0 spiro atoms. The third-order valence-corrected chi connectivity index (χ3v) is 5.44. The highest BCUT2D eigenvalue weighted by atomic mass is 35.5. The predicted octanol–water partition coefficient (Wildman–Crippen LogP) is 6.70. The summed E-state index contributed by atoms with van der Waals surface area (Å²) in [6, 6.07) is 18.6. The Morgan fingerprint density at radius 2 is 1.72 bits per heavy atom. The Morgan fingerprint density at radius 1 is 0.969 bits per heavy atom. The van der Waals surface area contributed by atoms with E-state index in [1.54, 1.807) is 19.1 Å². The van der Waals surface area contributed by atoms with Crippen LogP contribution in [0.2, 0.25) is 10.0 Å². The maximum Gasteiger partial charge on any atom is 0.359 e. The summed E-state index contributed by atoms with van der Waals surface area (Å²) in [6.07, 6.45) is 0. The molecule has 0 amide bonds. The first kappa shape index (κ1) is 22.1. The number of hydrogen-bond acceptors (Lipinski definition) is 4. The van der Waals surface area contributed by atoms with Gasteiger partial charge >= 0.3 is 5.97 Å². The molecule has 0 fully saturated rings. The molecule has 0 saturated carbocycles. The molecule has 5 nitrogen and oxygen atoms in total. The van der Waals surface area contributed by atoms with Crippen molar-refractivity contribution in [2.24, 2.45) is 0 Å². The van der Waals surface area contributed by atoms with E-state index >= 15 is 0 Å². The molecule has 7 heteroatoms. The summed E-state index contributed by atoms with van der Waals surface area (Å²) in [7, 11) is 0. The first-order valence-corrected chi connectivity index (χ1v) is 10.9. The highest BCUT2D eigenvalue weighted by Crippen LogP contribution is 2.36. The van der Waals surface area contributed by atoms with Crippen LogP contribution in [-0.2, 0) is 4.74 Å². The Hall–Kier alpha value is -3.15. The van der Waals surface area contributed by atoms with Crippen LogP contribution >= 0.6 is 23.2 Å². The molecule has 4 rings (SSSR count). The molecule has 0 aliphatic heterocycles. The molecule has 0 saturated heterocycles. The lowest BCUT2D eigenvalue weighted by molar-refractivity contribution is 0.0521. The lowest BCUT2D eigenvalue weighted by atomic mass is 10.1. The second kappa shape index (κ2) is 9.15. The molecule has 2 aromatic heterocycles. The number of hydrogen-bond donors (Lipinski definition) is 0. The number of aryl methyl sites for hydroxylation is 2. The number of imidazole rings is 1. The van der Waals surface area contributed by atoms with Gasteiger partial charge in [-0.15, -0.1) is 0 Å². The summed E-state index contributed by atoms with van der Waals surface area (Å²) in [5.74, 6) is -0.00750. The van der Waals surface area contributed by atoms with Gasteiger partial charge in [-0.2, -0.15) is 0 Å². The smallest absolute Gasteiger partial charge is 0.359 e. The molecule has 0 unspecified atom stereocenters. The van der Waals surface area contributed by atoms with Crippen molar-refractivity contribution in [3.05, 3.63) is 87.7 Å². The van der Waals surface area contributed by atoms with Gasteiger partial charge in [-0.1, -0.05) is 47.5 Å². The molecule has 0 N–H and O–H groups in total. The molecule has 32 heavy (non-hydrogen) atoms. The number of rotatable bonds is 5. The fourth-order valence-corrected chi connectivity index (χ4v) is 3.92. The zero-order valence-corrected chi connectivity index (χ0v) is 19.4. The highest BCUT2D eigenvalue weighted by molar-refractivity contribution is 6.31. The molecule has 0 bridgehead atoms. The van der Waals surface area contributed by atoms with Crippen LogP contribution in [-0.4, -0.2) is 27.1 Å². The Kier molecular flexibility index (Phi) is 6.31. The second-order valence-electron chi connectivity index (χ2n) is 7.29. The van der Waals surface area contributed by atoms with Crippen molar-refractivity contribution >= 4 is 29.2 Å². The minimum atomic E-state index is -0.519. The number of halogens is 2. The van der Waals surface area contributed by atoms with Crippen molar-refractivity contribution in [1.82, 2.24) is 14.5 Å². The van der Waals surface area contributed by atoms with Crippen LogP contribution in [0.5, 0.6) is 0 Å². The van der Waals surface area contributed by atoms with Crippen molar-refractivity contribution in [1.29, 1.82) is 0 Å². The number of aromatic nitrogens is 3. The number of nitrogens with zero attached hydrogens (tertiary/aromatic N) is 3. The minimum absolute atomic E-state index is 0.187. The van der Waals surface area contributed by atoms with Crippen molar-refractivity contribution < 1.29 is 9.53 Å². The van der Waals surface area contributed by atoms with E-state index in [-0.39, 0.29) is 12.3 Å². The fourth-order valence-electron chi connectivity index (χ4n) is 3.56. The minimum Gasteiger partial charge on any atom is -0.461 e. The lowest BCUT2D eigenvalue weighted by Gasteiger charge is -2.16. The molecule has 0 aliphatic rings. The number of carbonyl (C=O) groups excluding carboxylic acids is 1. The van der Waals surface area contributed by atoms with Gasteiger partial charge in [-0.25, -0.2) is 14.8 Å². The largest absolute Gasteiger partial charge is 0.461 e. The first-order valence-electron chi connectivity index (χ1n) is 10.2. The van der Waals surface area contributed by atoms with Crippen molar-refractivity contribution in [3.63, 3.8) is 0 Å². The predicted molar refractivity (Wildman–Crippen MR) is 128 cm³/mol. The molecular formula is C25H21Cl2N3O2. The van der Waals surface area contributed by atoms with Gasteiger partial charge in [0, 0.05) is 21.3 Å². The summed E-state index contributed by atoms with van der Waals surface area (Å²) in [6.45, 7) is 5.88. The van der Waals surface area contributed by atoms with Gasteiger partial charge in [0.2, 0.25) is 0 Å². The van der Waals surface area contributed by atoms with Gasteiger partial charge in [0.1, 0.15) is 5.69 Å². The van der Waals surface area contributed by atoms with Crippen LogP contribution in [0.1, 0.15) is 28.7 Å². The summed E-state index contributed by atoms with van der Waals surface area (Å²) in [5.41, 5.74) is 4.69. The van der Waals surface area contributed by atoms with E-state index in [0.717, 1.165) is 22.5 Å². The van der Waals surface area contributed by atoms with Crippen LogP contribution < -0.4 is 0 Å². The molecule has 2 aromatic carbocycles. The highest BCUT2D eigenvalue weighted by Gasteiger charge is 2.28. The van der Waals surface area contributed by atoms with Crippen molar-refractivity contribution in [3.8, 4) is 28.5 Å². The van der Waals surface area contributed by atoms with Crippen molar-refractivity contribution in [2.75, 3.05) is 6.61 Å². The SMILES string of the molecule is CCOC(=O)c1nc(-c2cccc(C)n2)n(-c2cc(Cl)ccc2C)c1-c1cccc(Cl)c1. The van der Waals surface area contributed by atoms with Gasteiger partial charge in [-0.3, -0.25) is 4.57 Å². The van der Waals surface area contributed by atoms with Crippen LogP contribution in [0.3, 0.4) is 0 Å². The van der Waals surface area contributed by atoms with Gasteiger partial charge < -0.3 is 4.74 Å². The maximum atomic E-state index is 13.0. The molecule has 0 radical (unpaired) electrons. The number of ether oxygens (including phenoxy) is 1. The summed E-state index contributed by atoms with van der Waals surface area (Å²) in [4.78, 5) is 22.4.